The molecule has 0 fully saturated rings. The van der Waals surface area contributed by atoms with Crippen molar-refractivity contribution < 1.29 is 9.90 Å². The molecule has 0 bridgehead atoms. The van der Waals surface area contributed by atoms with Crippen LogP contribution in [0.2, 0.25) is 0 Å². The summed E-state index contributed by atoms with van der Waals surface area (Å²) in [4.78, 5) is 11.5. The van der Waals surface area contributed by atoms with Crippen LogP contribution in [0.25, 0.3) is 0 Å². The van der Waals surface area contributed by atoms with Crippen LogP contribution in [0.1, 0.15) is 20.8 Å². The van der Waals surface area contributed by atoms with E-state index in [0.717, 1.165) is 0 Å². The Balaban J connectivity index is 3.84. The van der Waals surface area contributed by atoms with E-state index in [-0.39, 0.29) is 23.8 Å². The highest BCUT2D eigenvalue weighted by molar-refractivity contribution is 5.78. The summed E-state index contributed by atoms with van der Waals surface area (Å²) in [5.41, 5.74) is -0.241. The summed E-state index contributed by atoms with van der Waals surface area (Å²) in [6.45, 7) is 6.96. The zero-order valence-corrected chi connectivity index (χ0v) is 9.55. The largest absolute Gasteiger partial charge is 0.396 e. The SMILES string of the molecule is CNCC(C)C(=O)NCC(C)(C)CO. The average molecular weight is 202 g/mol. The molecule has 0 aliphatic carbocycles. The standard InChI is InChI=1S/C10H22N2O2/c1-8(5-11-4)9(14)12-6-10(2,3)7-13/h8,11,13H,5-7H2,1-4H3,(H,12,14). The second kappa shape index (κ2) is 5.98. The smallest absolute Gasteiger partial charge is 0.224 e. The third kappa shape index (κ3) is 5.19. The van der Waals surface area contributed by atoms with Crippen LogP contribution >= 0.6 is 0 Å². The Labute approximate surface area is 86.1 Å². The van der Waals surface area contributed by atoms with Crippen molar-refractivity contribution in [3.63, 3.8) is 0 Å². The predicted molar refractivity (Wildman–Crippen MR) is 57.0 cm³/mol. The molecule has 0 aliphatic rings. The summed E-state index contributed by atoms with van der Waals surface area (Å²) in [6, 6.07) is 0. The number of hydrogen-bond donors (Lipinski definition) is 3. The third-order valence-electron chi connectivity index (χ3n) is 2.13. The van der Waals surface area contributed by atoms with Crippen LogP contribution in [0, 0.1) is 11.3 Å². The Kier molecular flexibility index (Phi) is 5.72. The molecular formula is C10H22N2O2. The molecule has 4 heteroatoms. The second-order valence-corrected chi connectivity index (χ2v) is 4.50. The van der Waals surface area contributed by atoms with Crippen LogP contribution in [0.4, 0.5) is 0 Å². The van der Waals surface area contributed by atoms with Crippen molar-refractivity contribution in [1.82, 2.24) is 10.6 Å². The van der Waals surface area contributed by atoms with Crippen molar-refractivity contribution in [2.75, 3.05) is 26.7 Å². The first-order valence-corrected chi connectivity index (χ1v) is 4.96. The van der Waals surface area contributed by atoms with E-state index in [1.54, 1.807) is 0 Å². The number of amides is 1. The Morgan fingerprint density at radius 1 is 1.50 bits per heavy atom. The highest BCUT2D eigenvalue weighted by Gasteiger charge is 2.19. The molecule has 1 amide bonds. The van der Waals surface area contributed by atoms with Crippen molar-refractivity contribution in [2.45, 2.75) is 20.8 Å². The molecule has 3 N–H and O–H groups in total. The Hall–Kier alpha value is -0.610. The van der Waals surface area contributed by atoms with Gasteiger partial charge in [0.15, 0.2) is 0 Å². The van der Waals surface area contributed by atoms with Crippen LogP contribution in [0.3, 0.4) is 0 Å². The van der Waals surface area contributed by atoms with Gasteiger partial charge in [-0.3, -0.25) is 4.79 Å². The summed E-state index contributed by atoms with van der Waals surface area (Å²) in [5.74, 6) is -0.00429. The lowest BCUT2D eigenvalue weighted by molar-refractivity contribution is -0.124. The van der Waals surface area contributed by atoms with Crippen LogP contribution in [0.15, 0.2) is 0 Å². The fourth-order valence-electron chi connectivity index (χ4n) is 0.955. The number of rotatable bonds is 6. The average Bonchev–Trinajstić information content (AvgIpc) is 2.15. The number of aliphatic hydroxyl groups is 1. The number of hydrogen-bond acceptors (Lipinski definition) is 3. The minimum Gasteiger partial charge on any atom is -0.396 e. The van der Waals surface area contributed by atoms with Gasteiger partial charge in [-0.2, -0.15) is 0 Å². The van der Waals surface area contributed by atoms with Gasteiger partial charge < -0.3 is 15.7 Å². The summed E-state index contributed by atoms with van der Waals surface area (Å²) < 4.78 is 0. The van der Waals surface area contributed by atoms with Gasteiger partial charge in [0.2, 0.25) is 5.91 Å². The molecule has 0 rings (SSSR count). The minimum absolute atomic E-state index is 0.0286. The van der Waals surface area contributed by atoms with E-state index in [1.807, 2.05) is 27.8 Å². The Morgan fingerprint density at radius 2 is 2.07 bits per heavy atom. The van der Waals surface area contributed by atoms with Crippen molar-refractivity contribution in [3.8, 4) is 0 Å². The van der Waals surface area contributed by atoms with Crippen molar-refractivity contribution >= 4 is 5.91 Å². The summed E-state index contributed by atoms with van der Waals surface area (Å²) >= 11 is 0. The molecule has 0 saturated heterocycles. The van der Waals surface area contributed by atoms with Gasteiger partial charge in [0.25, 0.3) is 0 Å². The molecule has 14 heavy (non-hydrogen) atoms. The van der Waals surface area contributed by atoms with Crippen molar-refractivity contribution in [1.29, 1.82) is 0 Å². The Morgan fingerprint density at radius 3 is 2.50 bits per heavy atom. The van der Waals surface area contributed by atoms with Crippen molar-refractivity contribution in [2.24, 2.45) is 11.3 Å². The molecule has 0 aromatic rings. The lowest BCUT2D eigenvalue weighted by atomic mass is 9.95. The van der Waals surface area contributed by atoms with E-state index in [2.05, 4.69) is 10.6 Å². The summed E-state index contributed by atoms with van der Waals surface area (Å²) in [7, 11) is 1.82. The van der Waals surface area contributed by atoms with Crippen LogP contribution in [0.5, 0.6) is 0 Å². The van der Waals surface area contributed by atoms with E-state index in [4.69, 9.17) is 5.11 Å². The molecule has 4 nitrogen and oxygen atoms in total. The zero-order chi connectivity index (χ0) is 11.2. The fraction of sp³-hybridized carbons (Fsp3) is 0.900. The molecule has 0 spiro atoms. The van der Waals surface area contributed by atoms with Crippen molar-refractivity contribution in [3.05, 3.63) is 0 Å². The second-order valence-electron chi connectivity index (χ2n) is 4.50. The normalized spacial score (nSPS) is 13.8. The van der Waals surface area contributed by atoms with Gasteiger partial charge in [-0.05, 0) is 7.05 Å². The van der Waals surface area contributed by atoms with Gasteiger partial charge >= 0.3 is 0 Å². The molecule has 0 heterocycles. The topological polar surface area (TPSA) is 61.4 Å². The number of carbonyl (C=O) groups is 1. The third-order valence-corrected chi connectivity index (χ3v) is 2.13. The number of aliphatic hydroxyl groups excluding tert-OH is 1. The van der Waals surface area contributed by atoms with Gasteiger partial charge in [0.05, 0.1) is 0 Å². The molecule has 0 radical (unpaired) electrons. The first-order chi connectivity index (χ1) is 6.43. The zero-order valence-electron chi connectivity index (χ0n) is 9.55. The monoisotopic (exact) mass is 202 g/mol. The quantitative estimate of drug-likeness (QED) is 0.567. The van der Waals surface area contributed by atoms with Crippen LogP contribution < -0.4 is 10.6 Å². The van der Waals surface area contributed by atoms with E-state index in [1.165, 1.54) is 0 Å². The lowest BCUT2D eigenvalue weighted by Gasteiger charge is -2.23. The molecular weight excluding hydrogens is 180 g/mol. The summed E-state index contributed by atoms with van der Waals surface area (Å²) in [5, 5.41) is 14.8. The summed E-state index contributed by atoms with van der Waals surface area (Å²) in [6.07, 6.45) is 0. The Bertz CT molecular complexity index is 181. The molecule has 0 aromatic carbocycles. The number of carbonyl (C=O) groups excluding carboxylic acids is 1. The minimum atomic E-state index is -0.241. The molecule has 0 aliphatic heterocycles. The fourth-order valence-corrected chi connectivity index (χ4v) is 0.955. The molecule has 1 atom stereocenters. The first-order valence-electron chi connectivity index (χ1n) is 4.96. The highest BCUT2D eigenvalue weighted by Crippen LogP contribution is 2.11. The highest BCUT2D eigenvalue weighted by atomic mass is 16.3. The van der Waals surface area contributed by atoms with E-state index < -0.39 is 0 Å². The van der Waals surface area contributed by atoms with E-state index in [9.17, 15) is 4.79 Å². The predicted octanol–water partition coefficient (Wildman–Crippen LogP) is -0.0234. The number of nitrogens with one attached hydrogen (secondary N) is 2. The first kappa shape index (κ1) is 13.4. The maximum atomic E-state index is 11.5. The molecule has 0 aromatic heterocycles. The van der Waals surface area contributed by atoms with Gasteiger partial charge in [0, 0.05) is 31.0 Å². The van der Waals surface area contributed by atoms with Gasteiger partial charge in [0.1, 0.15) is 0 Å². The van der Waals surface area contributed by atoms with Crippen LogP contribution in [-0.4, -0.2) is 37.8 Å². The lowest BCUT2D eigenvalue weighted by Crippen LogP contribution is -2.40. The maximum absolute atomic E-state index is 11.5. The van der Waals surface area contributed by atoms with Gasteiger partial charge in [-0.1, -0.05) is 20.8 Å². The molecule has 84 valence electrons. The van der Waals surface area contributed by atoms with E-state index >= 15 is 0 Å². The molecule has 0 saturated carbocycles. The van der Waals surface area contributed by atoms with Crippen LogP contribution in [-0.2, 0) is 4.79 Å². The van der Waals surface area contributed by atoms with E-state index in [0.29, 0.717) is 13.1 Å². The van der Waals surface area contributed by atoms with Gasteiger partial charge in [-0.25, -0.2) is 0 Å². The molecule has 1 unspecified atom stereocenters. The van der Waals surface area contributed by atoms with Gasteiger partial charge in [-0.15, -0.1) is 0 Å². The maximum Gasteiger partial charge on any atom is 0.224 e.